The number of likely N-dealkylation sites (tertiary alicyclic amines) is 1. The molecule has 2 heterocycles. The summed E-state index contributed by atoms with van der Waals surface area (Å²) in [6.45, 7) is 2.00. The van der Waals surface area contributed by atoms with Crippen molar-refractivity contribution in [3.63, 3.8) is 0 Å². The van der Waals surface area contributed by atoms with Crippen LogP contribution in [0.1, 0.15) is 19.3 Å². The van der Waals surface area contributed by atoms with Crippen LogP contribution in [0.25, 0.3) is 0 Å². The molecule has 0 aromatic carbocycles. The number of rotatable bonds is 3. The normalized spacial score (nSPS) is 41.4. The topological polar surface area (TPSA) is 51.2 Å². The van der Waals surface area contributed by atoms with Gasteiger partial charge in [-0.1, -0.05) is 6.42 Å². The molecule has 2 saturated heterocycles. The van der Waals surface area contributed by atoms with Crippen LogP contribution in [0.4, 0.5) is 0 Å². The molecule has 2 aliphatic rings. The second kappa shape index (κ2) is 5.42. The zero-order valence-electron chi connectivity index (χ0n) is 9.96. The van der Waals surface area contributed by atoms with Gasteiger partial charge in [0.25, 0.3) is 0 Å². The maximum Gasteiger partial charge on any atom is 0.187 e. The Morgan fingerprint density at radius 1 is 1.06 bits per heavy atom. The number of nitrogens with zero attached hydrogens (tertiary/aromatic N) is 1. The lowest BCUT2D eigenvalue weighted by atomic mass is 10.1. The number of aliphatic hydroxyl groups excluding tert-OH is 1. The summed E-state index contributed by atoms with van der Waals surface area (Å²) in [5.41, 5.74) is 0. The van der Waals surface area contributed by atoms with Gasteiger partial charge < -0.3 is 19.3 Å². The molecule has 0 bridgehead atoms. The number of piperidine rings is 1. The summed E-state index contributed by atoms with van der Waals surface area (Å²) in [6.07, 6.45) is 2.03. The Morgan fingerprint density at radius 3 is 2.25 bits per heavy atom. The highest BCUT2D eigenvalue weighted by atomic mass is 16.8. The van der Waals surface area contributed by atoms with Crippen molar-refractivity contribution in [3.8, 4) is 0 Å². The summed E-state index contributed by atoms with van der Waals surface area (Å²) in [5.74, 6) is 0. The molecule has 4 unspecified atom stereocenters. The van der Waals surface area contributed by atoms with E-state index in [0.717, 1.165) is 13.1 Å². The fraction of sp³-hybridized carbons (Fsp3) is 1.00. The van der Waals surface area contributed by atoms with Crippen LogP contribution in [-0.2, 0) is 14.2 Å². The number of aliphatic hydroxyl groups is 1. The van der Waals surface area contributed by atoms with Crippen molar-refractivity contribution in [1.82, 2.24) is 4.90 Å². The van der Waals surface area contributed by atoms with Crippen LogP contribution in [0.15, 0.2) is 0 Å². The Balaban J connectivity index is 2.04. The van der Waals surface area contributed by atoms with Crippen molar-refractivity contribution in [2.75, 3.05) is 27.3 Å². The van der Waals surface area contributed by atoms with Crippen LogP contribution in [0.5, 0.6) is 0 Å². The van der Waals surface area contributed by atoms with Crippen LogP contribution >= 0.6 is 0 Å². The van der Waals surface area contributed by atoms with E-state index in [9.17, 15) is 5.11 Å². The molecule has 94 valence electrons. The molecule has 4 atom stereocenters. The molecule has 2 fully saturated rings. The molecule has 1 N–H and O–H groups in total. The number of hydrogen-bond acceptors (Lipinski definition) is 5. The molecule has 5 heteroatoms. The van der Waals surface area contributed by atoms with Gasteiger partial charge in [0.1, 0.15) is 6.10 Å². The zero-order chi connectivity index (χ0) is 11.5. The van der Waals surface area contributed by atoms with Gasteiger partial charge >= 0.3 is 0 Å². The summed E-state index contributed by atoms with van der Waals surface area (Å²) in [4.78, 5) is 2.25. The summed E-state index contributed by atoms with van der Waals surface area (Å²) in [7, 11) is 3.14. The van der Waals surface area contributed by atoms with Gasteiger partial charge in [-0.2, -0.15) is 0 Å². The number of hydrogen-bond donors (Lipinski definition) is 1. The van der Waals surface area contributed by atoms with E-state index in [4.69, 9.17) is 14.2 Å². The van der Waals surface area contributed by atoms with E-state index in [1.54, 1.807) is 14.2 Å². The average Bonchev–Trinajstić information content (AvgIpc) is 2.66. The first-order chi connectivity index (χ1) is 7.77. The highest BCUT2D eigenvalue weighted by molar-refractivity contribution is 4.91. The van der Waals surface area contributed by atoms with E-state index in [-0.39, 0.29) is 6.04 Å². The van der Waals surface area contributed by atoms with Gasteiger partial charge in [-0.05, 0) is 25.9 Å². The number of methoxy groups -OCH3 is 2. The van der Waals surface area contributed by atoms with E-state index in [2.05, 4.69) is 4.90 Å². The van der Waals surface area contributed by atoms with E-state index in [1.165, 1.54) is 19.3 Å². The third-order valence-electron chi connectivity index (χ3n) is 3.45. The molecule has 0 aromatic rings. The Bertz CT molecular complexity index is 218. The highest BCUT2D eigenvalue weighted by Crippen LogP contribution is 2.28. The lowest BCUT2D eigenvalue weighted by molar-refractivity contribution is -0.203. The van der Waals surface area contributed by atoms with Gasteiger partial charge in [-0.15, -0.1) is 0 Å². The van der Waals surface area contributed by atoms with Crippen molar-refractivity contribution >= 4 is 0 Å². The fourth-order valence-corrected chi connectivity index (χ4v) is 2.61. The number of ether oxygens (including phenoxy) is 3. The van der Waals surface area contributed by atoms with Crippen molar-refractivity contribution < 1.29 is 19.3 Å². The van der Waals surface area contributed by atoms with E-state index in [0.29, 0.717) is 0 Å². The Morgan fingerprint density at radius 2 is 1.69 bits per heavy atom. The predicted molar refractivity (Wildman–Crippen MR) is 57.9 cm³/mol. The summed E-state index contributed by atoms with van der Waals surface area (Å²) in [5, 5.41) is 10.1. The molecular formula is C11H21NO4. The maximum atomic E-state index is 10.1. The largest absolute Gasteiger partial charge is 0.386 e. The van der Waals surface area contributed by atoms with E-state index < -0.39 is 18.7 Å². The van der Waals surface area contributed by atoms with Gasteiger partial charge in [0.05, 0.1) is 6.04 Å². The first kappa shape index (κ1) is 12.3. The third-order valence-corrected chi connectivity index (χ3v) is 3.45. The standard InChI is InChI=1S/C11H21NO4/c1-14-10-8(9(13)11(15-2)16-10)12-6-4-3-5-7-12/h8-11,13H,3-7H2,1-2H3. The minimum Gasteiger partial charge on any atom is -0.386 e. The lowest BCUT2D eigenvalue weighted by Crippen LogP contribution is -2.50. The summed E-state index contributed by atoms with van der Waals surface area (Å²) in [6, 6.07) is -0.102. The molecule has 0 aliphatic carbocycles. The Kier molecular flexibility index (Phi) is 4.16. The SMILES string of the molecule is COC1OC(OC)C(N2CCCCC2)C1O. The minimum absolute atomic E-state index is 0.102. The third kappa shape index (κ3) is 2.24. The van der Waals surface area contributed by atoms with Crippen LogP contribution in [0.2, 0.25) is 0 Å². The molecule has 0 aromatic heterocycles. The minimum atomic E-state index is -0.631. The monoisotopic (exact) mass is 231 g/mol. The molecule has 0 spiro atoms. The predicted octanol–water partition coefficient (Wildman–Crippen LogP) is 0.177. The molecule has 0 saturated carbocycles. The molecule has 16 heavy (non-hydrogen) atoms. The summed E-state index contributed by atoms with van der Waals surface area (Å²) >= 11 is 0. The first-order valence-electron chi connectivity index (χ1n) is 5.91. The smallest absolute Gasteiger partial charge is 0.187 e. The Hall–Kier alpha value is -0.200. The quantitative estimate of drug-likeness (QED) is 0.750. The van der Waals surface area contributed by atoms with Crippen LogP contribution < -0.4 is 0 Å². The van der Waals surface area contributed by atoms with E-state index >= 15 is 0 Å². The zero-order valence-corrected chi connectivity index (χ0v) is 9.96. The van der Waals surface area contributed by atoms with Gasteiger partial charge in [-0.25, -0.2) is 0 Å². The highest BCUT2D eigenvalue weighted by Gasteiger charge is 2.47. The lowest BCUT2D eigenvalue weighted by Gasteiger charge is -2.35. The van der Waals surface area contributed by atoms with Gasteiger partial charge in [-0.3, -0.25) is 4.90 Å². The summed E-state index contributed by atoms with van der Waals surface area (Å²) < 4.78 is 15.9. The van der Waals surface area contributed by atoms with Crippen LogP contribution in [0.3, 0.4) is 0 Å². The molecule has 2 rings (SSSR count). The second-order valence-corrected chi connectivity index (χ2v) is 4.42. The molecule has 0 radical (unpaired) electrons. The van der Waals surface area contributed by atoms with Crippen molar-refractivity contribution in [1.29, 1.82) is 0 Å². The van der Waals surface area contributed by atoms with Crippen molar-refractivity contribution in [2.24, 2.45) is 0 Å². The van der Waals surface area contributed by atoms with Crippen LogP contribution in [0, 0.1) is 0 Å². The van der Waals surface area contributed by atoms with Crippen molar-refractivity contribution in [2.45, 2.75) is 44.0 Å². The molecule has 5 nitrogen and oxygen atoms in total. The molecule has 2 aliphatic heterocycles. The fourth-order valence-electron chi connectivity index (χ4n) is 2.61. The van der Waals surface area contributed by atoms with Crippen molar-refractivity contribution in [3.05, 3.63) is 0 Å². The van der Waals surface area contributed by atoms with Gasteiger partial charge in [0.2, 0.25) is 0 Å². The first-order valence-corrected chi connectivity index (χ1v) is 5.91. The van der Waals surface area contributed by atoms with Gasteiger partial charge in [0, 0.05) is 14.2 Å². The van der Waals surface area contributed by atoms with Crippen LogP contribution in [-0.4, -0.2) is 62.0 Å². The molecular weight excluding hydrogens is 210 g/mol. The molecule has 0 amide bonds. The van der Waals surface area contributed by atoms with E-state index in [1.807, 2.05) is 0 Å². The maximum absolute atomic E-state index is 10.1. The van der Waals surface area contributed by atoms with Gasteiger partial charge in [0.15, 0.2) is 12.6 Å². The Labute approximate surface area is 96.3 Å². The second-order valence-electron chi connectivity index (χ2n) is 4.42. The average molecular weight is 231 g/mol.